The van der Waals surface area contributed by atoms with Gasteiger partial charge in [0, 0.05) is 30.3 Å². The van der Waals surface area contributed by atoms with E-state index in [4.69, 9.17) is 19.9 Å². The molecule has 21 heavy (non-hydrogen) atoms. The minimum absolute atomic E-state index is 0.504. The number of hydrogen-bond donors (Lipinski definition) is 2. The van der Waals surface area contributed by atoms with Gasteiger partial charge in [0.25, 0.3) is 0 Å². The molecule has 0 heterocycles. The lowest BCUT2D eigenvalue weighted by atomic mass is 10.1. The van der Waals surface area contributed by atoms with Crippen LogP contribution in [0.1, 0.15) is 18.4 Å². The first-order chi connectivity index (χ1) is 10.2. The number of nitrogens with zero attached hydrogens (tertiary/aromatic N) is 1. The molecule has 0 aromatic heterocycles. The van der Waals surface area contributed by atoms with E-state index in [0.717, 1.165) is 17.1 Å². The maximum Gasteiger partial charge on any atom is 0.188 e. The van der Waals surface area contributed by atoms with Crippen LogP contribution in [0.15, 0.2) is 17.1 Å². The highest BCUT2D eigenvalue weighted by molar-refractivity contribution is 5.78. The van der Waals surface area contributed by atoms with Crippen LogP contribution < -0.4 is 25.3 Å². The van der Waals surface area contributed by atoms with Crippen LogP contribution in [-0.2, 0) is 6.42 Å². The van der Waals surface area contributed by atoms with E-state index in [1.165, 1.54) is 12.8 Å². The monoisotopic (exact) mass is 293 g/mol. The number of hydrogen-bond acceptors (Lipinski definition) is 4. The zero-order valence-electron chi connectivity index (χ0n) is 12.8. The third-order valence-corrected chi connectivity index (χ3v) is 3.39. The molecule has 1 aromatic carbocycles. The van der Waals surface area contributed by atoms with E-state index in [-0.39, 0.29) is 0 Å². The molecule has 0 aliphatic heterocycles. The second-order valence-corrected chi connectivity index (χ2v) is 4.95. The summed E-state index contributed by atoms with van der Waals surface area (Å²) in [6.45, 7) is 0.574. The number of rotatable bonds is 7. The fourth-order valence-electron chi connectivity index (χ4n) is 2.09. The standard InChI is InChI=1S/C15H23N3O3/c1-19-11-8-13(20-2)12(14(9-11)21-3)6-7-17-15(16)18-10-4-5-10/h8-10H,4-7H2,1-3H3,(H3,16,17,18). The van der Waals surface area contributed by atoms with Crippen LogP contribution in [0.4, 0.5) is 0 Å². The van der Waals surface area contributed by atoms with Gasteiger partial charge in [-0.2, -0.15) is 0 Å². The van der Waals surface area contributed by atoms with Gasteiger partial charge in [0.15, 0.2) is 5.96 Å². The number of methoxy groups -OCH3 is 3. The van der Waals surface area contributed by atoms with Crippen molar-refractivity contribution in [3.63, 3.8) is 0 Å². The summed E-state index contributed by atoms with van der Waals surface area (Å²) in [5.74, 6) is 2.67. The molecule has 116 valence electrons. The maximum absolute atomic E-state index is 5.82. The predicted octanol–water partition coefficient (Wildman–Crippen LogP) is 1.32. The molecule has 2 rings (SSSR count). The minimum atomic E-state index is 0.504. The number of benzene rings is 1. The van der Waals surface area contributed by atoms with Crippen LogP contribution in [0.25, 0.3) is 0 Å². The van der Waals surface area contributed by atoms with Gasteiger partial charge in [0.2, 0.25) is 0 Å². The normalized spacial score (nSPS) is 14.7. The van der Waals surface area contributed by atoms with Crippen LogP contribution in [0.2, 0.25) is 0 Å². The average Bonchev–Trinajstić information content (AvgIpc) is 3.30. The van der Waals surface area contributed by atoms with Gasteiger partial charge in [-0.3, -0.25) is 4.99 Å². The third-order valence-electron chi connectivity index (χ3n) is 3.39. The fraction of sp³-hybridized carbons (Fsp3) is 0.533. The van der Waals surface area contributed by atoms with Crippen LogP contribution in [-0.4, -0.2) is 39.9 Å². The highest BCUT2D eigenvalue weighted by atomic mass is 16.5. The molecule has 0 bridgehead atoms. The highest BCUT2D eigenvalue weighted by Crippen LogP contribution is 2.34. The molecule has 6 heteroatoms. The second-order valence-electron chi connectivity index (χ2n) is 4.95. The Labute approximate surface area is 125 Å². The first kappa shape index (κ1) is 15.3. The van der Waals surface area contributed by atoms with Crippen LogP contribution >= 0.6 is 0 Å². The molecule has 1 aliphatic carbocycles. The Morgan fingerprint density at radius 2 is 1.81 bits per heavy atom. The van der Waals surface area contributed by atoms with E-state index < -0.39 is 0 Å². The molecular weight excluding hydrogens is 270 g/mol. The van der Waals surface area contributed by atoms with Crippen molar-refractivity contribution >= 4 is 5.96 Å². The Morgan fingerprint density at radius 1 is 1.19 bits per heavy atom. The van der Waals surface area contributed by atoms with E-state index in [9.17, 15) is 0 Å². The molecule has 6 nitrogen and oxygen atoms in total. The molecule has 0 radical (unpaired) electrons. The van der Waals surface area contributed by atoms with Crippen molar-refractivity contribution in [2.75, 3.05) is 27.9 Å². The summed E-state index contributed by atoms with van der Waals surface area (Å²) < 4.78 is 16.0. The third kappa shape index (κ3) is 4.18. The summed E-state index contributed by atoms with van der Waals surface area (Å²) in [6, 6.07) is 4.19. The Hall–Kier alpha value is -2.11. The van der Waals surface area contributed by atoms with Crippen molar-refractivity contribution < 1.29 is 14.2 Å². The van der Waals surface area contributed by atoms with Gasteiger partial charge in [-0.05, 0) is 19.3 Å². The molecular formula is C15H23N3O3. The van der Waals surface area contributed by atoms with Gasteiger partial charge in [0.05, 0.1) is 21.3 Å². The van der Waals surface area contributed by atoms with E-state index in [1.54, 1.807) is 21.3 Å². The molecule has 0 saturated heterocycles. The second kappa shape index (κ2) is 7.06. The SMILES string of the molecule is COc1cc(OC)c(CCN=C(N)NC2CC2)c(OC)c1. The van der Waals surface area contributed by atoms with Gasteiger partial charge < -0.3 is 25.3 Å². The van der Waals surface area contributed by atoms with Crippen molar-refractivity contribution in [2.45, 2.75) is 25.3 Å². The maximum atomic E-state index is 5.82. The zero-order valence-corrected chi connectivity index (χ0v) is 12.8. The summed E-state index contributed by atoms with van der Waals surface area (Å²) in [5.41, 5.74) is 6.78. The summed E-state index contributed by atoms with van der Waals surface area (Å²) >= 11 is 0. The van der Waals surface area contributed by atoms with Crippen LogP contribution in [0, 0.1) is 0 Å². The van der Waals surface area contributed by atoms with Crippen molar-refractivity contribution in [1.82, 2.24) is 5.32 Å². The average molecular weight is 293 g/mol. The number of aliphatic imine (C=N–C) groups is 1. The molecule has 1 aliphatic rings. The molecule has 0 unspecified atom stereocenters. The Balaban J connectivity index is 2.06. The van der Waals surface area contributed by atoms with Gasteiger partial charge >= 0.3 is 0 Å². The van der Waals surface area contributed by atoms with Crippen molar-refractivity contribution in [1.29, 1.82) is 0 Å². The molecule has 1 aromatic rings. The first-order valence-corrected chi connectivity index (χ1v) is 7.03. The minimum Gasteiger partial charge on any atom is -0.496 e. The lowest BCUT2D eigenvalue weighted by Crippen LogP contribution is -2.33. The van der Waals surface area contributed by atoms with E-state index in [1.807, 2.05) is 12.1 Å². The fourth-order valence-corrected chi connectivity index (χ4v) is 2.09. The van der Waals surface area contributed by atoms with Gasteiger partial charge in [-0.1, -0.05) is 0 Å². The number of nitrogens with two attached hydrogens (primary N) is 1. The number of nitrogens with one attached hydrogen (secondary N) is 1. The van der Waals surface area contributed by atoms with Gasteiger partial charge in [0.1, 0.15) is 17.2 Å². The topological polar surface area (TPSA) is 78.1 Å². The Morgan fingerprint density at radius 3 is 2.29 bits per heavy atom. The van der Waals surface area contributed by atoms with Gasteiger partial charge in [-0.15, -0.1) is 0 Å². The summed E-state index contributed by atoms with van der Waals surface area (Å²) in [5, 5.41) is 3.16. The van der Waals surface area contributed by atoms with Crippen molar-refractivity contribution in [2.24, 2.45) is 10.7 Å². The summed E-state index contributed by atoms with van der Waals surface area (Å²) in [6.07, 6.45) is 3.04. The Kier molecular flexibility index (Phi) is 5.14. The van der Waals surface area contributed by atoms with Crippen molar-refractivity contribution in [3.05, 3.63) is 17.7 Å². The predicted molar refractivity (Wildman–Crippen MR) is 82.4 cm³/mol. The first-order valence-electron chi connectivity index (χ1n) is 7.03. The van der Waals surface area contributed by atoms with Gasteiger partial charge in [-0.25, -0.2) is 0 Å². The summed E-state index contributed by atoms with van der Waals surface area (Å²) in [7, 11) is 4.87. The molecule has 1 fully saturated rings. The van der Waals surface area contributed by atoms with Crippen LogP contribution in [0.5, 0.6) is 17.2 Å². The molecule has 0 atom stereocenters. The van der Waals surface area contributed by atoms with E-state index in [0.29, 0.717) is 30.7 Å². The van der Waals surface area contributed by atoms with Crippen LogP contribution in [0.3, 0.4) is 0 Å². The highest BCUT2D eigenvalue weighted by Gasteiger charge is 2.21. The molecule has 0 spiro atoms. The molecule has 3 N–H and O–H groups in total. The number of guanidine groups is 1. The molecule has 0 amide bonds. The van der Waals surface area contributed by atoms with E-state index in [2.05, 4.69) is 10.3 Å². The Bertz CT molecular complexity index is 488. The smallest absolute Gasteiger partial charge is 0.188 e. The lowest BCUT2D eigenvalue weighted by Gasteiger charge is -2.14. The summed E-state index contributed by atoms with van der Waals surface area (Å²) in [4.78, 5) is 4.33. The number of ether oxygens (including phenoxy) is 3. The van der Waals surface area contributed by atoms with E-state index >= 15 is 0 Å². The quantitative estimate of drug-likeness (QED) is 0.585. The lowest BCUT2D eigenvalue weighted by molar-refractivity contribution is 0.369. The van der Waals surface area contributed by atoms with Crippen molar-refractivity contribution in [3.8, 4) is 17.2 Å². The molecule has 1 saturated carbocycles. The largest absolute Gasteiger partial charge is 0.496 e. The zero-order chi connectivity index (χ0) is 15.2.